The van der Waals surface area contributed by atoms with Crippen LogP contribution in [0.3, 0.4) is 0 Å². The summed E-state index contributed by atoms with van der Waals surface area (Å²) in [6.07, 6.45) is 4.77. The van der Waals surface area contributed by atoms with Gasteiger partial charge in [0.15, 0.2) is 6.29 Å². The van der Waals surface area contributed by atoms with Crippen molar-refractivity contribution in [3.63, 3.8) is 0 Å². The maximum absolute atomic E-state index is 11.5. The van der Waals surface area contributed by atoms with Crippen LogP contribution in [-0.4, -0.2) is 30.4 Å². The number of amides is 1. The largest absolute Gasteiger partial charge is 0.508 e. The number of phenolic OH excluding ortho intramolecular Hbond substituents is 1. The van der Waals surface area contributed by atoms with Crippen LogP contribution in [0, 0.1) is 0 Å². The Kier molecular flexibility index (Phi) is 7.34. The first kappa shape index (κ1) is 16.2. The minimum Gasteiger partial charge on any atom is -0.508 e. The molecule has 0 aliphatic rings. The van der Waals surface area contributed by atoms with E-state index >= 15 is 0 Å². The third-order valence-corrected chi connectivity index (χ3v) is 2.63. The standard InChI is InChI=1S/C14H22N4O2/c15-14(16)18-10-2-1-9-17-13(20)8-5-11-3-6-12(19)7-4-11/h3-8,14,18-19H,1-2,9-10,15-16H2,(H,17,20)/p+1/b8-5+. The van der Waals surface area contributed by atoms with Crippen molar-refractivity contribution in [2.75, 3.05) is 13.1 Å². The Bertz CT molecular complexity index is 429. The predicted molar refractivity (Wildman–Crippen MR) is 78.3 cm³/mol. The first-order valence-corrected chi connectivity index (χ1v) is 6.65. The second kappa shape index (κ2) is 9.08. The minimum atomic E-state index is -0.238. The molecule has 1 amide bonds. The molecule has 1 atom stereocenters. The molecule has 0 spiro atoms. The van der Waals surface area contributed by atoms with E-state index in [9.17, 15) is 4.79 Å². The second-order valence-corrected chi connectivity index (χ2v) is 4.48. The van der Waals surface area contributed by atoms with Gasteiger partial charge < -0.3 is 16.2 Å². The lowest BCUT2D eigenvalue weighted by molar-refractivity contribution is -0.427. The minimum absolute atomic E-state index is 0.125. The fraction of sp³-hybridized carbons (Fsp3) is 0.357. The van der Waals surface area contributed by atoms with Gasteiger partial charge in [-0.05, 0) is 36.6 Å². The average molecular weight is 279 g/mol. The molecule has 0 aliphatic heterocycles. The summed E-state index contributed by atoms with van der Waals surface area (Å²) in [6, 6.07) is 6.65. The van der Waals surface area contributed by atoms with Crippen molar-refractivity contribution in [2.45, 2.75) is 19.1 Å². The molecule has 0 heterocycles. The molecule has 0 aliphatic carbocycles. The first-order valence-electron chi connectivity index (χ1n) is 6.65. The summed E-state index contributed by atoms with van der Waals surface area (Å²) in [7, 11) is 0. The predicted octanol–water partition coefficient (Wildman–Crippen LogP) is -0.624. The van der Waals surface area contributed by atoms with Crippen LogP contribution in [0.15, 0.2) is 30.3 Å². The van der Waals surface area contributed by atoms with Gasteiger partial charge in [0.25, 0.3) is 0 Å². The van der Waals surface area contributed by atoms with Gasteiger partial charge >= 0.3 is 0 Å². The zero-order valence-corrected chi connectivity index (χ0v) is 11.5. The summed E-state index contributed by atoms with van der Waals surface area (Å²) in [6.45, 7) is 1.43. The third-order valence-electron chi connectivity index (χ3n) is 2.63. The van der Waals surface area contributed by atoms with E-state index in [0.717, 1.165) is 24.9 Å². The number of nitrogens with two attached hydrogens (primary N) is 1. The molecular weight excluding hydrogens is 256 g/mol. The van der Waals surface area contributed by atoms with Crippen molar-refractivity contribution in [2.24, 2.45) is 5.73 Å². The molecule has 0 aromatic heterocycles. The normalized spacial score (nSPS) is 12.5. The van der Waals surface area contributed by atoms with Crippen molar-refractivity contribution in [1.29, 1.82) is 0 Å². The molecule has 0 saturated heterocycles. The Morgan fingerprint density at radius 2 is 1.95 bits per heavy atom. The topological polar surface area (TPSA) is 115 Å². The monoisotopic (exact) mass is 279 g/mol. The van der Waals surface area contributed by atoms with E-state index < -0.39 is 0 Å². The number of rotatable bonds is 8. The molecular formula is C14H23N4O2+. The number of nitrogens with one attached hydrogen (secondary N) is 2. The SMILES string of the molecule is NC([NH3+])NCCCCNC(=O)/C=C/c1ccc(O)cc1. The fourth-order valence-electron chi connectivity index (χ4n) is 1.57. The molecule has 110 valence electrons. The van der Waals surface area contributed by atoms with E-state index in [1.807, 2.05) is 0 Å². The molecule has 0 radical (unpaired) electrons. The molecule has 1 rings (SSSR count). The van der Waals surface area contributed by atoms with Gasteiger partial charge in [0.1, 0.15) is 5.75 Å². The summed E-state index contributed by atoms with van der Waals surface area (Å²) < 4.78 is 0. The number of benzene rings is 1. The van der Waals surface area contributed by atoms with Crippen LogP contribution >= 0.6 is 0 Å². The highest BCUT2D eigenvalue weighted by Gasteiger charge is 1.97. The number of hydrogen-bond donors (Lipinski definition) is 5. The van der Waals surface area contributed by atoms with Crippen LogP contribution in [0.1, 0.15) is 18.4 Å². The van der Waals surface area contributed by atoms with E-state index in [2.05, 4.69) is 16.4 Å². The quantitative estimate of drug-likeness (QED) is 0.248. The Labute approximate surface area is 118 Å². The second-order valence-electron chi connectivity index (χ2n) is 4.48. The van der Waals surface area contributed by atoms with Crippen LogP contribution in [0.25, 0.3) is 6.08 Å². The highest BCUT2D eigenvalue weighted by atomic mass is 16.3. The van der Waals surface area contributed by atoms with Crippen LogP contribution in [-0.2, 0) is 4.79 Å². The van der Waals surface area contributed by atoms with Gasteiger partial charge in [-0.1, -0.05) is 12.1 Å². The van der Waals surface area contributed by atoms with Crippen molar-refractivity contribution in [1.82, 2.24) is 10.6 Å². The number of carbonyl (C=O) groups is 1. The van der Waals surface area contributed by atoms with E-state index in [1.54, 1.807) is 30.3 Å². The lowest BCUT2D eigenvalue weighted by Gasteiger charge is -2.05. The lowest BCUT2D eigenvalue weighted by Crippen LogP contribution is -2.73. The van der Waals surface area contributed by atoms with Gasteiger partial charge in [-0.15, -0.1) is 0 Å². The van der Waals surface area contributed by atoms with Gasteiger partial charge in [0.2, 0.25) is 5.91 Å². The molecule has 6 nitrogen and oxygen atoms in total. The van der Waals surface area contributed by atoms with Gasteiger partial charge in [0, 0.05) is 19.2 Å². The zero-order valence-electron chi connectivity index (χ0n) is 11.5. The average Bonchev–Trinajstić information content (AvgIpc) is 2.41. The van der Waals surface area contributed by atoms with Gasteiger partial charge in [0.05, 0.1) is 0 Å². The number of hydrogen-bond acceptors (Lipinski definition) is 4. The summed E-state index contributed by atoms with van der Waals surface area (Å²) in [5.74, 6) is 0.0853. The Morgan fingerprint density at radius 3 is 2.60 bits per heavy atom. The number of carbonyl (C=O) groups excluding carboxylic acids is 1. The molecule has 20 heavy (non-hydrogen) atoms. The molecule has 0 fully saturated rings. The van der Waals surface area contributed by atoms with E-state index in [0.29, 0.717) is 6.54 Å². The van der Waals surface area contributed by atoms with Crippen LogP contribution < -0.4 is 22.1 Å². The Hall–Kier alpha value is -1.89. The van der Waals surface area contributed by atoms with E-state index in [4.69, 9.17) is 10.8 Å². The molecule has 1 aromatic rings. The molecule has 1 aromatic carbocycles. The van der Waals surface area contributed by atoms with Gasteiger partial charge in [-0.25, -0.2) is 0 Å². The van der Waals surface area contributed by atoms with E-state index in [-0.39, 0.29) is 17.9 Å². The summed E-state index contributed by atoms with van der Waals surface area (Å²) in [5, 5.41) is 14.9. The third kappa shape index (κ3) is 7.52. The van der Waals surface area contributed by atoms with E-state index in [1.165, 1.54) is 6.08 Å². The highest BCUT2D eigenvalue weighted by Crippen LogP contribution is 2.10. The van der Waals surface area contributed by atoms with Crippen molar-refractivity contribution in [3.8, 4) is 5.75 Å². The molecule has 0 saturated carbocycles. The number of phenols is 1. The first-order chi connectivity index (χ1) is 9.58. The highest BCUT2D eigenvalue weighted by molar-refractivity contribution is 5.91. The molecule has 8 N–H and O–H groups in total. The van der Waals surface area contributed by atoms with Crippen LogP contribution in [0.2, 0.25) is 0 Å². The molecule has 6 heteroatoms. The smallest absolute Gasteiger partial charge is 0.243 e. The maximum Gasteiger partial charge on any atom is 0.243 e. The molecule has 1 unspecified atom stereocenters. The Balaban J connectivity index is 2.15. The fourth-order valence-corrected chi connectivity index (χ4v) is 1.57. The van der Waals surface area contributed by atoms with Gasteiger partial charge in [-0.3, -0.25) is 15.8 Å². The summed E-state index contributed by atoms with van der Waals surface area (Å²) in [5.41, 5.74) is 9.93. The number of aromatic hydroxyl groups is 1. The Morgan fingerprint density at radius 1 is 1.30 bits per heavy atom. The zero-order chi connectivity index (χ0) is 14.8. The summed E-state index contributed by atoms with van der Waals surface area (Å²) >= 11 is 0. The van der Waals surface area contributed by atoms with Crippen molar-refractivity contribution >= 4 is 12.0 Å². The van der Waals surface area contributed by atoms with Crippen molar-refractivity contribution in [3.05, 3.63) is 35.9 Å². The number of quaternary nitrogens is 1. The lowest BCUT2D eigenvalue weighted by atomic mass is 10.2. The van der Waals surface area contributed by atoms with Crippen LogP contribution in [0.4, 0.5) is 0 Å². The molecule has 0 bridgehead atoms. The summed E-state index contributed by atoms with van der Waals surface area (Å²) in [4.78, 5) is 11.5. The van der Waals surface area contributed by atoms with Crippen LogP contribution in [0.5, 0.6) is 5.75 Å². The van der Waals surface area contributed by atoms with Gasteiger partial charge in [-0.2, -0.15) is 0 Å². The number of unbranched alkanes of at least 4 members (excludes halogenated alkanes) is 1. The maximum atomic E-state index is 11.5. The van der Waals surface area contributed by atoms with Crippen molar-refractivity contribution < 1.29 is 15.6 Å².